The number of aryl methyl sites for hydroxylation is 2. The van der Waals surface area contributed by atoms with E-state index in [1.165, 1.54) is 41.3 Å². The number of ether oxygens (including phenoxy) is 2. The van der Waals surface area contributed by atoms with Gasteiger partial charge in [0.25, 0.3) is 17.4 Å². The zero-order chi connectivity index (χ0) is 35.3. The SMILES string of the molecule is COc1cc2nc(CCn3c(=O)n4n(c3=O)C3CC5(Cl)C(=O)N(C)C(=O)C5(Cl)C(c5cc(Br)ccc5O)C3=CC4)c(=O)n(C)c2cc1OC. The van der Waals surface area contributed by atoms with Crippen LogP contribution in [0.15, 0.2) is 60.8 Å². The number of allylic oxidation sites excluding steroid dienone is 2. The number of imide groups is 1. The van der Waals surface area contributed by atoms with Gasteiger partial charge in [-0.2, -0.15) is 0 Å². The highest BCUT2D eigenvalue weighted by atomic mass is 79.9. The average molecular weight is 776 g/mol. The van der Waals surface area contributed by atoms with Crippen molar-refractivity contribution in [3.8, 4) is 17.2 Å². The predicted molar refractivity (Wildman–Crippen MR) is 182 cm³/mol. The fourth-order valence-corrected chi connectivity index (χ4v) is 8.81. The predicted octanol–water partition coefficient (Wildman–Crippen LogP) is 2.41. The molecule has 1 aliphatic carbocycles. The van der Waals surface area contributed by atoms with Crippen LogP contribution in [0.1, 0.15) is 29.6 Å². The lowest BCUT2D eigenvalue weighted by Crippen LogP contribution is -2.59. The summed E-state index contributed by atoms with van der Waals surface area (Å²) >= 11 is 17.7. The van der Waals surface area contributed by atoms with Crippen LogP contribution in [0, 0.1) is 0 Å². The Bertz CT molecular complexity index is 2350. The van der Waals surface area contributed by atoms with Gasteiger partial charge in [0.15, 0.2) is 21.2 Å². The number of likely N-dealkylation sites (tertiary alicyclic amines) is 1. The standard InChI is InChI=1S/C32H29BrCl2N6O8/c1-37-20-13-24(49-4)23(48-3)12-19(20)36-18(26(37)43)8-9-39-29(46)40-10-7-16-21(41(40)30(39)47)14-31(34)27(44)38(2)28(45)32(31,35)25(16)17-11-15(33)5-6-22(17)42/h5-7,11-13,21,25,42H,8-10,14H2,1-4H3. The maximum Gasteiger partial charge on any atom is 0.347 e. The molecule has 3 aliphatic rings. The Morgan fingerprint density at radius 2 is 1.69 bits per heavy atom. The number of aromatic hydroxyl groups is 1. The lowest BCUT2D eigenvalue weighted by Gasteiger charge is -2.49. The Hall–Kier alpha value is -4.34. The van der Waals surface area contributed by atoms with E-state index in [1.54, 1.807) is 37.4 Å². The fraction of sp³-hybridized carbons (Fsp3) is 0.375. The number of phenols is 1. The van der Waals surface area contributed by atoms with E-state index in [1.807, 2.05) is 0 Å². The molecule has 2 aromatic carbocycles. The summed E-state index contributed by atoms with van der Waals surface area (Å²) in [6.07, 6.45) is 1.34. The van der Waals surface area contributed by atoms with Crippen LogP contribution >= 0.6 is 39.1 Å². The van der Waals surface area contributed by atoms with Crippen LogP contribution in [-0.2, 0) is 36.1 Å². The molecule has 1 saturated carbocycles. The van der Waals surface area contributed by atoms with Gasteiger partial charge in [-0.05, 0) is 23.8 Å². The van der Waals surface area contributed by atoms with Crippen LogP contribution in [-0.4, -0.2) is 76.3 Å². The van der Waals surface area contributed by atoms with E-state index in [4.69, 9.17) is 32.7 Å². The van der Waals surface area contributed by atoms with Crippen molar-refractivity contribution < 1.29 is 24.2 Å². The highest BCUT2D eigenvalue weighted by Gasteiger charge is 2.75. The van der Waals surface area contributed by atoms with Gasteiger partial charge in [-0.3, -0.25) is 19.3 Å². The number of halogens is 3. The van der Waals surface area contributed by atoms with Gasteiger partial charge in [0.1, 0.15) is 11.4 Å². The van der Waals surface area contributed by atoms with E-state index in [9.17, 15) is 29.1 Å². The van der Waals surface area contributed by atoms with E-state index < -0.39 is 50.5 Å². The number of aromatic nitrogens is 5. The van der Waals surface area contributed by atoms with Gasteiger partial charge in [-0.25, -0.2) is 28.5 Å². The van der Waals surface area contributed by atoms with Crippen LogP contribution in [0.25, 0.3) is 11.0 Å². The molecule has 49 heavy (non-hydrogen) atoms. The summed E-state index contributed by atoms with van der Waals surface area (Å²) in [4.78, 5) is 69.8. The lowest BCUT2D eigenvalue weighted by atomic mass is 9.64. The Morgan fingerprint density at radius 3 is 2.39 bits per heavy atom. The molecule has 2 fully saturated rings. The van der Waals surface area contributed by atoms with Gasteiger partial charge in [-0.15, -0.1) is 23.2 Å². The van der Waals surface area contributed by atoms with E-state index in [0.717, 1.165) is 9.47 Å². The van der Waals surface area contributed by atoms with Crippen molar-refractivity contribution in [3.63, 3.8) is 0 Å². The van der Waals surface area contributed by atoms with Crippen LogP contribution < -0.4 is 26.4 Å². The van der Waals surface area contributed by atoms with Gasteiger partial charge in [-0.1, -0.05) is 22.0 Å². The number of methoxy groups -OCH3 is 2. The molecule has 1 N–H and O–H groups in total. The number of phenolic OH excluding ortho intramolecular Hbond substituents is 1. The first-order chi connectivity index (χ1) is 23.2. The number of amides is 2. The van der Waals surface area contributed by atoms with Gasteiger partial charge in [0.05, 0.1) is 37.8 Å². The van der Waals surface area contributed by atoms with E-state index in [2.05, 4.69) is 20.9 Å². The minimum Gasteiger partial charge on any atom is -0.508 e. The molecule has 1 saturated heterocycles. The van der Waals surface area contributed by atoms with Crippen LogP contribution in [0.4, 0.5) is 0 Å². The van der Waals surface area contributed by atoms with Gasteiger partial charge < -0.3 is 19.1 Å². The third-order valence-corrected chi connectivity index (χ3v) is 11.8. The Labute approximate surface area is 295 Å². The number of nitrogens with zero attached hydrogens (tertiary/aromatic N) is 6. The molecule has 2 amide bonds. The summed E-state index contributed by atoms with van der Waals surface area (Å²) < 4.78 is 16.2. The third kappa shape index (κ3) is 4.44. The average Bonchev–Trinajstić information content (AvgIpc) is 3.40. The maximum absolute atomic E-state index is 14.1. The summed E-state index contributed by atoms with van der Waals surface area (Å²) in [7, 11) is 5.83. The number of carbonyl (C=O) groups is 2. The molecule has 2 aliphatic heterocycles. The van der Waals surface area contributed by atoms with Crippen LogP contribution in [0.5, 0.6) is 17.2 Å². The van der Waals surface area contributed by atoms with Gasteiger partial charge >= 0.3 is 11.4 Å². The normalized spacial score (nSPS) is 24.5. The minimum absolute atomic E-state index is 0.0579. The molecule has 0 spiro atoms. The second kappa shape index (κ2) is 11.4. The Balaban J connectivity index is 1.32. The van der Waals surface area contributed by atoms with Gasteiger partial charge in [0.2, 0.25) is 0 Å². The topological polar surface area (TPSA) is 160 Å². The van der Waals surface area contributed by atoms with Crippen molar-refractivity contribution in [2.24, 2.45) is 7.05 Å². The molecular formula is C32H29BrCl2N6O8. The van der Waals surface area contributed by atoms with Crippen molar-refractivity contribution in [3.05, 3.63) is 89.0 Å². The molecular weight excluding hydrogens is 747 g/mol. The third-order valence-electron chi connectivity index (χ3n) is 9.88. The largest absolute Gasteiger partial charge is 0.508 e. The van der Waals surface area contributed by atoms with Crippen molar-refractivity contribution in [1.82, 2.24) is 28.4 Å². The van der Waals surface area contributed by atoms with Crippen LogP contribution in [0.3, 0.4) is 0 Å². The quantitative estimate of drug-likeness (QED) is 0.176. The molecule has 14 nitrogen and oxygen atoms in total. The molecule has 256 valence electrons. The summed E-state index contributed by atoms with van der Waals surface area (Å²) in [6.45, 7) is -0.259. The molecule has 4 heterocycles. The van der Waals surface area contributed by atoms with Crippen molar-refractivity contribution >= 4 is 62.0 Å². The summed E-state index contributed by atoms with van der Waals surface area (Å²) in [5, 5.41) is 11.0. The van der Waals surface area contributed by atoms with E-state index >= 15 is 0 Å². The molecule has 7 rings (SSSR count). The monoisotopic (exact) mass is 774 g/mol. The van der Waals surface area contributed by atoms with Crippen molar-refractivity contribution in [1.29, 1.82) is 0 Å². The zero-order valence-electron chi connectivity index (χ0n) is 26.6. The molecule has 4 atom stereocenters. The Morgan fingerprint density at radius 1 is 1.00 bits per heavy atom. The number of alkyl halides is 2. The number of rotatable bonds is 6. The van der Waals surface area contributed by atoms with E-state index in [0.29, 0.717) is 32.6 Å². The maximum atomic E-state index is 14.1. The summed E-state index contributed by atoms with van der Waals surface area (Å²) in [5.74, 6) is -2.01. The molecule has 0 bridgehead atoms. The Kier molecular flexibility index (Phi) is 7.69. The number of hydrogen-bond donors (Lipinski definition) is 1. The smallest absolute Gasteiger partial charge is 0.347 e. The molecule has 0 radical (unpaired) electrons. The highest BCUT2D eigenvalue weighted by Crippen LogP contribution is 2.64. The first-order valence-corrected chi connectivity index (χ1v) is 16.7. The molecule has 17 heteroatoms. The molecule has 2 aromatic heterocycles. The number of fused-ring (bicyclic) bond motifs is 5. The molecule has 4 aromatic rings. The van der Waals surface area contributed by atoms with E-state index in [-0.39, 0.29) is 42.9 Å². The fourth-order valence-electron chi connectivity index (χ4n) is 7.44. The second-order valence-electron chi connectivity index (χ2n) is 12.3. The van der Waals surface area contributed by atoms with Gasteiger partial charge in [0, 0.05) is 61.6 Å². The van der Waals surface area contributed by atoms with Crippen LogP contribution in [0.2, 0.25) is 0 Å². The van der Waals surface area contributed by atoms with Crippen molar-refractivity contribution in [2.45, 2.75) is 47.6 Å². The minimum atomic E-state index is -2.05. The first kappa shape index (κ1) is 33.2. The highest BCUT2D eigenvalue weighted by molar-refractivity contribution is 9.10. The number of benzene rings is 2. The lowest BCUT2D eigenvalue weighted by molar-refractivity contribution is -0.137. The zero-order valence-corrected chi connectivity index (χ0v) is 29.7. The molecule has 4 unspecified atom stereocenters. The summed E-state index contributed by atoms with van der Waals surface area (Å²) in [5.41, 5.74) is -0.0403. The number of carbonyl (C=O) groups excluding carboxylic acids is 2. The summed E-state index contributed by atoms with van der Waals surface area (Å²) in [6, 6.07) is 6.89. The van der Waals surface area contributed by atoms with Crippen molar-refractivity contribution in [2.75, 3.05) is 21.3 Å². The second-order valence-corrected chi connectivity index (χ2v) is 14.4. The first-order valence-electron chi connectivity index (χ1n) is 15.1. The number of hydrogen-bond acceptors (Lipinski definition) is 9.